The zero-order valence-corrected chi connectivity index (χ0v) is 12.1. The Morgan fingerprint density at radius 1 is 1.00 bits per heavy atom. The van der Waals surface area contributed by atoms with E-state index >= 15 is 0 Å². The van der Waals surface area contributed by atoms with Crippen LogP contribution in [0.3, 0.4) is 0 Å². The Balaban J connectivity index is 0.00000200. The monoisotopic (exact) mass is 292 g/mol. The molecule has 106 valence electrons. The highest BCUT2D eigenvalue weighted by molar-refractivity contribution is 6.33. The summed E-state index contributed by atoms with van der Waals surface area (Å²) in [4.78, 5) is 2.03. The molecule has 0 heterocycles. The lowest BCUT2D eigenvalue weighted by molar-refractivity contribution is 0.824. The molecular weight excluding hydrogens is 276 g/mol. The normalized spacial score (nSPS) is 10.3. The van der Waals surface area contributed by atoms with Crippen molar-refractivity contribution in [2.75, 3.05) is 24.7 Å². The summed E-state index contributed by atoms with van der Waals surface area (Å²) in [5.74, 6) is 0. The second-order valence-corrected chi connectivity index (χ2v) is 4.73. The van der Waals surface area contributed by atoms with Crippen molar-refractivity contribution >= 4 is 34.4 Å². The van der Waals surface area contributed by atoms with Crippen molar-refractivity contribution in [3.63, 3.8) is 0 Å². The lowest BCUT2D eigenvalue weighted by Crippen LogP contribution is -2.07. The van der Waals surface area contributed by atoms with Crippen molar-refractivity contribution in [3.8, 4) is 0 Å². The van der Waals surface area contributed by atoms with Crippen molar-refractivity contribution in [1.82, 2.24) is 0 Å². The molecule has 2 aromatic rings. The summed E-state index contributed by atoms with van der Waals surface area (Å²) in [7, 11) is 3.98. The Morgan fingerprint density at radius 3 is 2.20 bits per heavy atom. The summed E-state index contributed by atoms with van der Waals surface area (Å²) in [5, 5.41) is 8.76. The van der Waals surface area contributed by atoms with Crippen LogP contribution in [0.5, 0.6) is 0 Å². The fourth-order valence-electron chi connectivity index (χ4n) is 1.53. The zero-order valence-electron chi connectivity index (χ0n) is 11.3. The van der Waals surface area contributed by atoms with E-state index in [4.69, 9.17) is 17.3 Å². The summed E-state index contributed by atoms with van der Waals surface area (Å²) >= 11 is 6.02. The van der Waals surface area contributed by atoms with Gasteiger partial charge in [-0.3, -0.25) is 0 Å². The predicted molar refractivity (Wildman–Crippen MR) is 84.4 cm³/mol. The molecule has 0 saturated heterocycles. The van der Waals surface area contributed by atoms with Crippen LogP contribution in [0.15, 0.2) is 52.7 Å². The van der Waals surface area contributed by atoms with Gasteiger partial charge in [0.25, 0.3) is 0 Å². The molecule has 5 nitrogen and oxygen atoms in total. The maximum absolute atomic E-state index is 6.02. The number of halogens is 1. The van der Waals surface area contributed by atoms with Crippen molar-refractivity contribution in [1.29, 1.82) is 0 Å². The molecule has 0 aliphatic carbocycles. The number of rotatable bonds is 3. The molecular formula is C14H17ClN4O. The number of anilines is 2. The van der Waals surface area contributed by atoms with E-state index in [2.05, 4.69) is 10.2 Å². The van der Waals surface area contributed by atoms with E-state index in [-0.39, 0.29) is 5.48 Å². The molecule has 0 saturated carbocycles. The second kappa shape index (κ2) is 6.88. The minimum absolute atomic E-state index is 0. The zero-order chi connectivity index (χ0) is 13.8. The highest BCUT2D eigenvalue weighted by Crippen LogP contribution is 2.28. The Kier molecular flexibility index (Phi) is 5.49. The van der Waals surface area contributed by atoms with Gasteiger partial charge in [-0.25, -0.2) is 0 Å². The third-order valence-electron chi connectivity index (χ3n) is 2.61. The minimum atomic E-state index is 0. The lowest BCUT2D eigenvalue weighted by atomic mass is 10.3. The highest BCUT2D eigenvalue weighted by atomic mass is 35.5. The molecule has 0 spiro atoms. The summed E-state index contributed by atoms with van der Waals surface area (Å²) in [6.45, 7) is 0. The van der Waals surface area contributed by atoms with Gasteiger partial charge in [0, 0.05) is 25.5 Å². The van der Waals surface area contributed by atoms with E-state index in [1.807, 2.05) is 43.3 Å². The molecule has 2 rings (SSSR count). The van der Waals surface area contributed by atoms with Crippen LogP contribution >= 0.6 is 11.6 Å². The standard InChI is InChI=1S/C14H15ClN4.H2O/c1-19(2)12-6-4-11(5-7-12)17-18-14-8-3-10(16)9-13(14)15;/h3-9H,16H2,1-2H3;1H2. The van der Waals surface area contributed by atoms with Crippen LogP contribution in [0.25, 0.3) is 0 Å². The Hall–Kier alpha value is -2.11. The maximum Gasteiger partial charge on any atom is 0.104 e. The van der Waals surface area contributed by atoms with Crippen LogP contribution in [0.4, 0.5) is 22.7 Å². The van der Waals surface area contributed by atoms with Gasteiger partial charge >= 0.3 is 0 Å². The average Bonchev–Trinajstić information content (AvgIpc) is 2.38. The number of nitrogen functional groups attached to an aromatic ring is 1. The van der Waals surface area contributed by atoms with E-state index in [9.17, 15) is 0 Å². The van der Waals surface area contributed by atoms with Gasteiger partial charge in [0.05, 0.1) is 10.7 Å². The fourth-order valence-corrected chi connectivity index (χ4v) is 1.76. The Labute approximate surface area is 123 Å². The molecule has 0 amide bonds. The van der Waals surface area contributed by atoms with Crippen LogP contribution in [0.2, 0.25) is 5.02 Å². The minimum Gasteiger partial charge on any atom is -0.412 e. The topological polar surface area (TPSA) is 85.5 Å². The van der Waals surface area contributed by atoms with E-state index in [0.29, 0.717) is 16.4 Å². The van der Waals surface area contributed by atoms with Gasteiger partial charge in [-0.1, -0.05) is 11.6 Å². The van der Waals surface area contributed by atoms with Crippen molar-refractivity contribution in [3.05, 3.63) is 47.5 Å². The fraction of sp³-hybridized carbons (Fsp3) is 0.143. The molecule has 0 atom stereocenters. The van der Waals surface area contributed by atoms with Crippen molar-refractivity contribution < 1.29 is 5.48 Å². The summed E-state index contributed by atoms with van der Waals surface area (Å²) < 4.78 is 0. The maximum atomic E-state index is 6.02. The molecule has 0 aromatic heterocycles. The van der Waals surface area contributed by atoms with Crippen LogP contribution in [0, 0.1) is 0 Å². The third kappa shape index (κ3) is 3.94. The van der Waals surface area contributed by atoms with Gasteiger partial charge in [0.2, 0.25) is 0 Å². The highest BCUT2D eigenvalue weighted by Gasteiger charge is 1.99. The number of hydrogen-bond donors (Lipinski definition) is 1. The first kappa shape index (κ1) is 15.9. The van der Waals surface area contributed by atoms with Gasteiger partial charge < -0.3 is 16.1 Å². The van der Waals surface area contributed by atoms with Crippen LogP contribution in [0.1, 0.15) is 0 Å². The first-order chi connectivity index (χ1) is 9.06. The average molecular weight is 293 g/mol. The summed E-state index contributed by atoms with van der Waals surface area (Å²) in [6.07, 6.45) is 0. The number of nitrogens with two attached hydrogens (primary N) is 1. The van der Waals surface area contributed by atoms with E-state index in [0.717, 1.165) is 11.4 Å². The lowest BCUT2D eigenvalue weighted by Gasteiger charge is -2.11. The molecule has 0 aliphatic heterocycles. The first-order valence-corrected chi connectivity index (χ1v) is 6.18. The largest absolute Gasteiger partial charge is 0.412 e. The van der Waals surface area contributed by atoms with Gasteiger partial charge in [-0.05, 0) is 42.5 Å². The predicted octanol–water partition coefficient (Wildman–Crippen LogP) is 3.58. The summed E-state index contributed by atoms with van der Waals surface area (Å²) in [5.41, 5.74) is 8.72. The van der Waals surface area contributed by atoms with Gasteiger partial charge in [-0.2, -0.15) is 5.11 Å². The quantitative estimate of drug-likeness (QED) is 0.692. The number of azo groups is 1. The Bertz CT molecular complexity index is 597. The molecule has 0 aliphatic rings. The molecule has 0 bridgehead atoms. The number of hydrogen-bond acceptors (Lipinski definition) is 4. The van der Waals surface area contributed by atoms with Gasteiger partial charge in [0.15, 0.2) is 0 Å². The SMILES string of the molecule is CN(C)c1ccc(N=Nc2ccc(N)cc2Cl)cc1.O. The molecule has 0 fully saturated rings. The number of benzene rings is 2. The Morgan fingerprint density at radius 2 is 1.65 bits per heavy atom. The van der Waals surface area contributed by atoms with Gasteiger partial charge in [0.1, 0.15) is 5.69 Å². The second-order valence-electron chi connectivity index (χ2n) is 4.32. The molecule has 20 heavy (non-hydrogen) atoms. The molecule has 2 aromatic carbocycles. The molecule has 4 N–H and O–H groups in total. The van der Waals surface area contributed by atoms with Crippen LogP contribution in [-0.2, 0) is 0 Å². The van der Waals surface area contributed by atoms with Crippen LogP contribution in [-0.4, -0.2) is 19.6 Å². The smallest absolute Gasteiger partial charge is 0.104 e. The summed E-state index contributed by atoms with van der Waals surface area (Å²) in [6, 6.07) is 12.9. The van der Waals surface area contributed by atoms with Crippen molar-refractivity contribution in [2.24, 2.45) is 10.2 Å². The van der Waals surface area contributed by atoms with E-state index in [1.165, 1.54) is 0 Å². The van der Waals surface area contributed by atoms with E-state index in [1.54, 1.807) is 18.2 Å². The molecule has 0 unspecified atom stereocenters. The van der Waals surface area contributed by atoms with Gasteiger partial charge in [-0.15, -0.1) is 5.11 Å². The molecule has 6 heteroatoms. The van der Waals surface area contributed by atoms with Crippen LogP contribution < -0.4 is 10.6 Å². The van der Waals surface area contributed by atoms with Crippen molar-refractivity contribution in [2.45, 2.75) is 0 Å². The third-order valence-corrected chi connectivity index (χ3v) is 2.91. The number of nitrogens with zero attached hydrogens (tertiary/aromatic N) is 3. The van der Waals surface area contributed by atoms with E-state index < -0.39 is 0 Å². The first-order valence-electron chi connectivity index (χ1n) is 5.80. The molecule has 0 radical (unpaired) electrons.